The van der Waals surface area contributed by atoms with Gasteiger partial charge in [-0.1, -0.05) is 0 Å². The van der Waals surface area contributed by atoms with Crippen LogP contribution in [0.4, 0.5) is 4.39 Å². The van der Waals surface area contributed by atoms with Gasteiger partial charge in [0.2, 0.25) is 0 Å². The lowest BCUT2D eigenvalue weighted by atomic mass is 10.3. The van der Waals surface area contributed by atoms with Crippen LogP contribution >= 0.6 is 0 Å². The van der Waals surface area contributed by atoms with E-state index in [1.54, 1.807) is 12.5 Å². The lowest BCUT2D eigenvalue weighted by Gasteiger charge is -2.09. The van der Waals surface area contributed by atoms with Crippen molar-refractivity contribution in [3.05, 3.63) is 50.9 Å². The molecule has 2 N–H and O–H groups in total. The summed E-state index contributed by atoms with van der Waals surface area (Å²) in [6.45, 7) is 0. The van der Waals surface area contributed by atoms with Gasteiger partial charge in [-0.05, 0) is 24.3 Å². The van der Waals surface area contributed by atoms with Crippen molar-refractivity contribution in [2.45, 2.75) is 4.90 Å². The Kier molecular flexibility index (Phi) is 3.48. The summed E-state index contributed by atoms with van der Waals surface area (Å²) in [5, 5.41) is 10.1. The summed E-state index contributed by atoms with van der Waals surface area (Å²) >= 11 is 0. The van der Waals surface area contributed by atoms with Crippen LogP contribution in [0.1, 0.15) is 0 Å². The largest absolute Gasteiger partial charge is 0.490 e. The maximum atomic E-state index is 12.9. The minimum absolute atomic E-state index is 0.143. The monoisotopic (exact) mass is 283 g/mol. The fourth-order valence-electron chi connectivity index (χ4n) is 1.71. The highest BCUT2D eigenvalue weighted by Crippen LogP contribution is 2.20. The van der Waals surface area contributed by atoms with Crippen molar-refractivity contribution in [3.8, 4) is 11.6 Å². The molecular weight excluding hydrogens is 271 g/mol. The first-order valence-electron chi connectivity index (χ1n) is 5.33. The van der Waals surface area contributed by atoms with E-state index in [2.05, 4.69) is 4.98 Å². The summed E-state index contributed by atoms with van der Waals surface area (Å²) < 4.78 is 13.8. The Morgan fingerprint density at radius 1 is 1.21 bits per heavy atom. The average Bonchev–Trinajstić information content (AvgIpc) is 2.30. The maximum Gasteiger partial charge on any atom is 0.336 e. The summed E-state index contributed by atoms with van der Waals surface area (Å²) in [6.07, 6.45) is 3.51. The second kappa shape index (κ2) is 4.93. The molecule has 0 bridgehead atoms. The molecular formula is C12H12FN2O3S+. The number of aromatic hydroxyl groups is 1. The first-order chi connectivity index (χ1) is 8.91. The zero-order valence-electron chi connectivity index (χ0n) is 10.3. The second-order valence-electron chi connectivity index (χ2n) is 4.04. The van der Waals surface area contributed by atoms with Gasteiger partial charge in [-0.25, -0.2) is 13.8 Å². The quantitative estimate of drug-likeness (QED) is 0.793. The van der Waals surface area contributed by atoms with E-state index in [-0.39, 0.29) is 10.6 Å². The molecule has 1 aromatic heterocycles. The Morgan fingerprint density at radius 2 is 1.79 bits per heavy atom. The summed E-state index contributed by atoms with van der Waals surface area (Å²) in [4.78, 5) is 25.7. The third-order valence-corrected chi connectivity index (χ3v) is 3.72. The van der Waals surface area contributed by atoms with E-state index in [9.17, 15) is 19.1 Å². The summed E-state index contributed by atoms with van der Waals surface area (Å²) in [5.41, 5.74) is -1.08. The third-order valence-electron chi connectivity index (χ3n) is 2.54. The molecule has 1 aromatic carbocycles. The van der Waals surface area contributed by atoms with Crippen LogP contribution in [-0.4, -0.2) is 27.2 Å². The van der Waals surface area contributed by atoms with Gasteiger partial charge in [-0.15, -0.1) is 0 Å². The number of hydrogen-bond acceptors (Lipinski definition) is 3. The molecule has 0 spiro atoms. The number of nitrogens with one attached hydrogen (secondary N) is 1. The lowest BCUT2D eigenvalue weighted by molar-refractivity contribution is 0.415. The number of H-pyrrole nitrogens is 1. The summed E-state index contributed by atoms with van der Waals surface area (Å²) in [7, 11) is -0.526. The topological polar surface area (TPSA) is 75.1 Å². The fraction of sp³-hybridized carbons (Fsp3) is 0.167. The van der Waals surface area contributed by atoms with E-state index in [0.29, 0.717) is 0 Å². The Labute approximate surface area is 110 Å². The van der Waals surface area contributed by atoms with Crippen LogP contribution in [0.5, 0.6) is 5.88 Å². The number of rotatable bonds is 2. The van der Waals surface area contributed by atoms with E-state index in [1.165, 1.54) is 24.3 Å². The highest BCUT2D eigenvalue weighted by molar-refractivity contribution is 7.95. The molecule has 0 aliphatic carbocycles. The van der Waals surface area contributed by atoms with Gasteiger partial charge in [-0.2, -0.15) is 0 Å². The molecule has 5 nitrogen and oxygen atoms in total. The molecule has 7 heteroatoms. The fourth-order valence-corrected chi connectivity index (χ4v) is 2.58. The molecule has 19 heavy (non-hydrogen) atoms. The molecule has 2 aromatic rings. The number of hydrogen-bond donors (Lipinski definition) is 2. The number of nitrogens with zero attached hydrogens (tertiary/aromatic N) is 1. The number of aromatic nitrogens is 2. The van der Waals surface area contributed by atoms with Crippen LogP contribution < -0.4 is 11.2 Å². The predicted molar refractivity (Wildman–Crippen MR) is 71.8 cm³/mol. The van der Waals surface area contributed by atoms with Crippen LogP contribution in [0.25, 0.3) is 5.69 Å². The Bertz CT molecular complexity index is 719. The van der Waals surface area contributed by atoms with Crippen molar-refractivity contribution >= 4 is 10.9 Å². The molecule has 0 atom stereocenters. The average molecular weight is 283 g/mol. The molecule has 1 heterocycles. The second-order valence-corrected chi connectivity index (χ2v) is 6.08. The van der Waals surface area contributed by atoms with Crippen molar-refractivity contribution < 1.29 is 9.50 Å². The maximum absolute atomic E-state index is 12.9. The molecule has 2 rings (SSSR count). The summed E-state index contributed by atoms with van der Waals surface area (Å²) in [5.74, 6) is -0.861. The number of aromatic amines is 1. The SMILES string of the molecule is C[S+](C)c1c(O)n(-c2ccc(F)cc2)c(=O)[nH]c1=O. The van der Waals surface area contributed by atoms with E-state index in [4.69, 9.17) is 0 Å². The van der Waals surface area contributed by atoms with Gasteiger partial charge in [0, 0.05) is 10.9 Å². The standard InChI is InChI=1S/C12H11FN2O3S/c1-19(2)9-10(16)14-12(18)15(11(9)17)8-5-3-7(13)4-6-8/h3-6H,1-2H3,(H-,14,16,17,18)/p+1. The zero-order chi connectivity index (χ0) is 14.2. The number of benzene rings is 1. The van der Waals surface area contributed by atoms with Crippen LogP contribution in [0.3, 0.4) is 0 Å². The smallest absolute Gasteiger partial charge is 0.336 e. The lowest BCUT2D eigenvalue weighted by Crippen LogP contribution is -2.32. The van der Waals surface area contributed by atoms with Crippen LogP contribution in [0, 0.1) is 5.82 Å². The van der Waals surface area contributed by atoms with Gasteiger partial charge in [0.25, 0.3) is 10.8 Å². The molecule has 0 amide bonds. The van der Waals surface area contributed by atoms with Gasteiger partial charge < -0.3 is 5.11 Å². The summed E-state index contributed by atoms with van der Waals surface area (Å²) in [6, 6.07) is 5.04. The molecule has 0 radical (unpaired) electrons. The first-order valence-corrected chi connectivity index (χ1v) is 7.37. The van der Waals surface area contributed by atoms with Gasteiger partial charge in [0.1, 0.15) is 18.3 Å². The van der Waals surface area contributed by atoms with Crippen molar-refractivity contribution in [3.63, 3.8) is 0 Å². The van der Waals surface area contributed by atoms with Crippen molar-refractivity contribution in [2.75, 3.05) is 12.5 Å². The molecule has 100 valence electrons. The van der Waals surface area contributed by atoms with Gasteiger partial charge in [0.05, 0.1) is 5.69 Å². The number of halogens is 1. The highest BCUT2D eigenvalue weighted by Gasteiger charge is 2.25. The van der Waals surface area contributed by atoms with Gasteiger partial charge >= 0.3 is 11.2 Å². The van der Waals surface area contributed by atoms with Crippen LogP contribution in [0.2, 0.25) is 0 Å². The highest BCUT2D eigenvalue weighted by atomic mass is 32.2. The Hall–Kier alpha value is -2.02. The molecule has 0 aliphatic rings. The molecule has 0 saturated heterocycles. The molecule has 0 fully saturated rings. The Morgan fingerprint density at radius 3 is 2.32 bits per heavy atom. The first kappa shape index (κ1) is 13.4. The zero-order valence-corrected chi connectivity index (χ0v) is 11.1. The van der Waals surface area contributed by atoms with Crippen LogP contribution in [-0.2, 0) is 10.9 Å². The van der Waals surface area contributed by atoms with Crippen molar-refractivity contribution in [1.29, 1.82) is 0 Å². The van der Waals surface area contributed by atoms with Gasteiger partial charge in [0.15, 0.2) is 0 Å². The van der Waals surface area contributed by atoms with Crippen LogP contribution in [0.15, 0.2) is 38.8 Å². The van der Waals surface area contributed by atoms with E-state index < -0.39 is 33.8 Å². The van der Waals surface area contributed by atoms with E-state index in [1.807, 2.05) is 0 Å². The van der Waals surface area contributed by atoms with Gasteiger partial charge in [-0.3, -0.25) is 9.78 Å². The third kappa shape index (κ3) is 2.41. The molecule has 0 saturated carbocycles. The van der Waals surface area contributed by atoms with E-state index >= 15 is 0 Å². The predicted octanol–water partition coefficient (Wildman–Crippen LogP) is 0.607. The van der Waals surface area contributed by atoms with Crippen molar-refractivity contribution in [2.24, 2.45) is 0 Å². The van der Waals surface area contributed by atoms with Crippen molar-refractivity contribution in [1.82, 2.24) is 9.55 Å². The van der Waals surface area contributed by atoms with E-state index in [0.717, 1.165) is 4.57 Å². The minimum Gasteiger partial charge on any atom is -0.490 e. The minimum atomic E-state index is -0.761. The molecule has 0 aliphatic heterocycles. The Balaban J connectivity index is 2.77. The normalized spacial score (nSPS) is 10.9. The molecule has 0 unspecified atom stereocenters.